The van der Waals surface area contributed by atoms with E-state index < -0.39 is 0 Å². The second-order valence-electron chi connectivity index (χ2n) is 5.76. The molecule has 1 rings (SSSR count). The Morgan fingerprint density at radius 1 is 1.33 bits per heavy atom. The Labute approximate surface area is 110 Å². The van der Waals surface area contributed by atoms with Crippen LogP contribution >= 0.6 is 0 Å². The lowest BCUT2D eigenvalue weighted by molar-refractivity contribution is 0.0601. The van der Waals surface area contributed by atoms with E-state index in [1.54, 1.807) is 6.07 Å². The molecule has 1 aromatic rings. The Morgan fingerprint density at radius 3 is 2.56 bits per heavy atom. The Morgan fingerprint density at radius 2 is 2.00 bits per heavy atom. The molecular formula is C15H23NO2. The van der Waals surface area contributed by atoms with Gasteiger partial charge < -0.3 is 10.1 Å². The maximum absolute atomic E-state index is 11.5. The van der Waals surface area contributed by atoms with Gasteiger partial charge >= 0.3 is 5.97 Å². The fourth-order valence-corrected chi connectivity index (χ4v) is 1.63. The molecule has 3 nitrogen and oxygen atoms in total. The van der Waals surface area contributed by atoms with Crippen LogP contribution < -0.4 is 5.32 Å². The summed E-state index contributed by atoms with van der Waals surface area (Å²) in [5.41, 5.74) is 3.03. The van der Waals surface area contributed by atoms with Crippen LogP contribution in [0.25, 0.3) is 0 Å². The van der Waals surface area contributed by atoms with Gasteiger partial charge in [0, 0.05) is 12.2 Å². The van der Waals surface area contributed by atoms with Crippen molar-refractivity contribution < 1.29 is 9.53 Å². The first-order valence-electron chi connectivity index (χ1n) is 6.26. The molecule has 0 spiro atoms. The normalized spacial score (nSPS) is 11.2. The second kappa shape index (κ2) is 5.89. The number of ether oxygens (including phenoxy) is 1. The van der Waals surface area contributed by atoms with Crippen molar-refractivity contribution >= 4 is 11.7 Å². The third kappa shape index (κ3) is 4.40. The van der Waals surface area contributed by atoms with Crippen LogP contribution in [-0.4, -0.2) is 19.6 Å². The fraction of sp³-hybridized carbons (Fsp3) is 0.533. The first kappa shape index (κ1) is 14.6. The van der Waals surface area contributed by atoms with Crippen molar-refractivity contribution in [3.05, 3.63) is 29.3 Å². The SMILES string of the molecule is COC(=O)c1ccc(C)c(NCCC(C)(C)C)c1. The van der Waals surface area contributed by atoms with Crippen molar-refractivity contribution in [3.63, 3.8) is 0 Å². The third-order valence-corrected chi connectivity index (χ3v) is 2.85. The zero-order valence-electron chi connectivity index (χ0n) is 12.0. The molecule has 1 aromatic carbocycles. The quantitative estimate of drug-likeness (QED) is 0.828. The molecule has 0 unspecified atom stereocenters. The summed E-state index contributed by atoms with van der Waals surface area (Å²) in [7, 11) is 1.40. The monoisotopic (exact) mass is 249 g/mol. The van der Waals surface area contributed by atoms with Crippen molar-refractivity contribution in [2.24, 2.45) is 5.41 Å². The van der Waals surface area contributed by atoms with Gasteiger partial charge in [0.2, 0.25) is 0 Å². The van der Waals surface area contributed by atoms with E-state index in [1.807, 2.05) is 19.1 Å². The lowest BCUT2D eigenvalue weighted by atomic mass is 9.92. The minimum absolute atomic E-state index is 0.297. The molecular weight excluding hydrogens is 226 g/mol. The molecule has 100 valence electrons. The van der Waals surface area contributed by atoms with Crippen molar-refractivity contribution in [1.82, 2.24) is 0 Å². The summed E-state index contributed by atoms with van der Waals surface area (Å²) < 4.78 is 4.72. The number of benzene rings is 1. The van der Waals surface area contributed by atoms with Crippen LogP contribution in [0.1, 0.15) is 43.1 Å². The van der Waals surface area contributed by atoms with Crippen LogP contribution in [0.5, 0.6) is 0 Å². The van der Waals surface area contributed by atoms with Gasteiger partial charge in [0.1, 0.15) is 0 Å². The number of nitrogens with one attached hydrogen (secondary N) is 1. The van der Waals surface area contributed by atoms with Crippen LogP contribution in [0.2, 0.25) is 0 Å². The number of aryl methyl sites for hydroxylation is 1. The summed E-state index contributed by atoms with van der Waals surface area (Å²) in [6.07, 6.45) is 1.08. The van der Waals surface area contributed by atoms with E-state index in [-0.39, 0.29) is 5.97 Å². The molecule has 0 aliphatic heterocycles. The number of esters is 1. The summed E-state index contributed by atoms with van der Waals surface area (Å²) in [5.74, 6) is -0.297. The Balaban J connectivity index is 2.73. The van der Waals surface area contributed by atoms with E-state index in [4.69, 9.17) is 4.74 Å². The van der Waals surface area contributed by atoms with Gasteiger partial charge in [-0.2, -0.15) is 0 Å². The fourth-order valence-electron chi connectivity index (χ4n) is 1.63. The first-order chi connectivity index (χ1) is 8.33. The average molecular weight is 249 g/mol. The van der Waals surface area contributed by atoms with Crippen LogP contribution in [0.3, 0.4) is 0 Å². The van der Waals surface area contributed by atoms with E-state index in [2.05, 4.69) is 26.1 Å². The molecule has 0 aliphatic carbocycles. The van der Waals surface area contributed by atoms with E-state index in [0.29, 0.717) is 11.0 Å². The maximum Gasteiger partial charge on any atom is 0.337 e. The maximum atomic E-state index is 11.5. The number of carbonyl (C=O) groups is 1. The lowest BCUT2D eigenvalue weighted by Gasteiger charge is -2.19. The zero-order valence-corrected chi connectivity index (χ0v) is 12.0. The highest BCUT2D eigenvalue weighted by atomic mass is 16.5. The molecule has 0 aromatic heterocycles. The molecule has 0 fully saturated rings. The Bertz CT molecular complexity index is 419. The number of hydrogen-bond acceptors (Lipinski definition) is 3. The summed E-state index contributed by atoms with van der Waals surface area (Å²) in [4.78, 5) is 11.5. The topological polar surface area (TPSA) is 38.3 Å². The molecule has 0 saturated heterocycles. The number of methoxy groups -OCH3 is 1. The van der Waals surface area contributed by atoms with Crippen molar-refractivity contribution in [2.75, 3.05) is 19.0 Å². The molecule has 0 amide bonds. The highest BCUT2D eigenvalue weighted by Crippen LogP contribution is 2.21. The van der Waals surface area contributed by atoms with Crippen LogP contribution in [0.15, 0.2) is 18.2 Å². The third-order valence-electron chi connectivity index (χ3n) is 2.85. The lowest BCUT2D eigenvalue weighted by Crippen LogP contribution is -2.13. The molecule has 0 aliphatic rings. The second-order valence-corrected chi connectivity index (χ2v) is 5.76. The van der Waals surface area contributed by atoms with Gasteiger partial charge in [0.25, 0.3) is 0 Å². The van der Waals surface area contributed by atoms with Gasteiger partial charge in [0.15, 0.2) is 0 Å². The number of anilines is 1. The van der Waals surface area contributed by atoms with Crippen LogP contribution in [-0.2, 0) is 4.74 Å². The highest BCUT2D eigenvalue weighted by Gasteiger charge is 2.11. The minimum atomic E-state index is -0.297. The summed E-state index contributed by atoms with van der Waals surface area (Å²) in [6.45, 7) is 9.57. The molecule has 0 atom stereocenters. The Kier molecular flexibility index (Phi) is 4.76. The van der Waals surface area contributed by atoms with Crippen molar-refractivity contribution in [2.45, 2.75) is 34.1 Å². The zero-order chi connectivity index (χ0) is 13.8. The molecule has 0 heterocycles. The predicted molar refractivity (Wildman–Crippen MR) is 75.1 cm³/mol. The van der Waals surface area contributed by atoms with E-state index in [0.717, 1.165) is 24.2 Å². The van der Waals surface area contributed by atoms with E-state index in [9.17, 15) is 4.79 Å². The number of carbonyl (C=O) groups excluding carboxylic acids is 1. The predicted octanol–water partition coefficient (Wildman–Crippen LogP) is 3.63. The molecule has 0 radical (unpaired) electrons. The Hall–Kier alpha value is -1.51. The molecule has 0 saturated carbocycles. The van der Waals surface area contributed by atoms with Gasteiger partial charge in [-0.25, -0.2) is 4.79 Å². The standard InChI is InChI=1S/C15H23NO2/c1-11-6-7-12(14(17)18-5)10-13(11)16-9-8-15(2,3)4/h6-7,10,16H,8-9H2,1-5H3. The van der Waals surface area contributed by atoms with Crippen LogP contribution in [0, 0.1) is 12.3 Å². The average Bonchev–Trinajstić information content (AvgIpc) is 2.29. The number of hydrogen-bond donors (Lipinski definition) is 1. The van der Waals surface area contributed by atoms with Crippen molar-refractivity contribution in [3.8, 4) is 0 Å². The van der Waals surface area contributed by atoms with Gasteiger partial charge in [-0.3, -0.25) is 0 Å². The van der Waals surface area contributed by atoms with E-state index >= 15 is 0 Å². The van der Waals surface area contributed by atoms with Crippen molar-refractivity contribution in [1.29, 1.82) is 0 Å². The van der Waals surface area contributed by atoms with Gasteiger partial charge in [-0.05, 0) is 36.5 Å². The minimum Gasteiger partial charge on any atom is -0.465 e. The largest absolute Gasteiger partial charge is 0.465 e. The summed E-state index contributed by atoms with van der Waals surface area (Å²) >= 11 is 0. The molecule has 1 N–H and O–H groups in total. The molecule has 3 heteroatoms. The van der Waals surface area contributed by atoms with Gasteiger partial charge in [-0.1, -0.05) is 26.8 Å². The summed E-state index contributed by atoms with van der Waals surface area (Å²) in [6, 6.07) is 5.58. The molecule has 0 bridgehead atoms. The smallest absolute Gasteiger partial charge is 0.337 e. The van der Waals surface area contributed by atoms with E-state index in [1.165, 1.54) is 7.11 Å². The molecule has 18 heavy (non-hydrogen) atoms. The van der Waals surface area contributed by atoms with Gasteiger partial charge in [0.05, 0.1) is 12.7 Å². The highest BCUT2D eigenvalue weighted by molar-refractivity contribution is 5.90. The number of rotatable bonds is 4. The van der Waals surface area contributed by atoms with Gasteiger partial charge in [-0.15, -0.1) is 0 Å². The summed E-state index contributed by atoms with van der Waals surface area (Å²) in [5, 5.41) is 3.38. The first-order valence-corrected chi connectivity index (χ1v) is 6.26. The van der Waals surface area contributed by atoms with Crippen LogP contribution in [0.4, 0.5) is 5.69 Å².